The number of fused-ring (bicyclic) bond motifs is 1. The van der Waals surface area contributed by atoms with Crippen LogP contribution in [0, 0.1) is 0 Å². The first-order valence-corrected chi connectivity index (χ1v) is 12.4. The molecule has 0 saturated heterocycles. The molecule has 0 radical (unpaired) electrons. The number of hydrogen-bond acceptors (Lipinski definition) is 6. The van der Waals surface area contributed by atoms with E-state index in [1.54, 1.807) is 43.5 Å². The SMILES string of the molecule is CCOc1cc(-c2nccc(-c3cc4c([nH]3)CCNC4=O)n2)ccc1OCC(=O)Nc1cccc(C(F)(F)F)c1. The van der Waals surface area contributed by atoms with Gasteiger partial charge in [0.15, 0.2) is 23.9 Å². The molecule has 0 fully saturated rings. The molecule has 2 amide bonds. The number of halogens is 3. The van der Waals surface area contributed by atoms with E-state index in [0.717, 1.165) is 17.8 Å². The summed E-state index contributed by atoms with van der Waals surface area (Å²) in [6.45, 7) is 2.22. The van der Waals surface area contributed by atoms with Gasteiger partial charge in [-0.1, -0.05) is 6.07 Å². The van der Waals surface area contributed by atoms with Gasteiger partial charge in [0.1, 0.15) is 0 Å². The van der Waals surface area contributed by atoms with E-state index in [1.165, 1.54) is 12.1 Å². The molecule has 0 aliphatic carbocycles. The highest BCUT2D eigenvalue weighted by Crippen LogP contribution is 2.33. The Morgan fingerprint density at radius 3 is 2.70 bits per heavy atom. The maximum absolute atomic E-state index is 12.9. The standard InChI is InChI=1S/C28H24F3N5O4/c1-2-39-24-12-16(26-32-10-9-21(36-26)22-14-19-20(35-22)8-11-33-27(19)38)6-7-23(24)40-15-25(37)34-18-5-3-4-17(13-18)28(29,30)31/h3-7,9-10,12-14,35H,2,8,11,15H2,1H3,(H,33,38)(H,34,37). The van der Waals surface area contributed by atoms with E-state index < -0.39 is 24.3 Å². The number of benzene rings is 2. The van der Waals surface area contributed by atoms with Gasteiger partial charge < -0.3 is 25.1 Å². The topological polar surface area (TPSA) is 118 Å². The van der Waals surface area contributed by atoms with Crippen molar-refractivity contribution in [2.45, 2.75) is 19.5 Å². The maximum Gasteiger partial charge on any atom is 0.416 e. The van der Waals surface area contributed by atoms with Crippen molar-refractivity contribution in [1.82, 2.24) is 20.3 Å². The van der Waals surface area contributed by atoms with E-state index in [-0.39, 0.29) is 17.3 Å². The number of H-pyrrole nitrogens is 1. The summed E-state index contributed by atoms with van der Waals surface area (Å²) < 4.78 is 50.1. The maximum atomic E-state index is 12.9. The number of carbonyl (C=O) groups excluding carboxylic acids is 2. The number of alkyl halides is 3. The van der Waals surface area contributed by atoms with Gasteiger partial charge in [-0.2, -0.15) is 13.2 Å². The summed E-state index contributed by atoms with van der Waals surface area (Å²) in [6.07, 6.45) is -2.21. The normalized spacial score (nSPS) is 12.8. The van der Waals surface area contributed by atoms with Gasteiger partial charge in [-0.15, -0.1) is 0 Å². The Hall–Kier alpha value is -4.87. The summed E-state index contributed by atoms with van der Waals surface area (Å²) in [5.74, 6) is 0.254. The number of aromatic amines is 1. The highest BCUT2D eigenvalue weighted by molar-refractivity contribution is 5.97. The molecular weight excluding hydrogens is 527 g/mol. The first-order chi connectivity index (χ1) is 19.2. The molecule has 2 aromatic heterocycles. The Morgan fingerprint density at radius 2 is 1.93 bits per heavy atom. The predicted octanol–water partition coefficient (Wildman–Crippen LogP) is 4.86. The summed E-state index contributed by atoms with van der Waals surface area (Å²) in [5, 5.41) is 5.22. The van der Waals surface area contributed by atoms with Crippen LogP contribution in [0.5, 0.6) is 11.5 Å². The van der Waals surface area contributed by atoms with Crippen LogP contribution in [-0.4, -0.2) is 46.5 Å². The number of amides is 2. The molecule has 0 unspecified atom stereocenters. The molecule has 206 valence electrons. The Labute approximate surface area is 226 Å². The molecule has 0 saturated carbocycles. The van der Waals surface area contributed by atoms with Crippen LogP contribution in [0.1, 0.15) is 28.5 Å². The van der Waals surface area contributed by atoms with Crippen molar-refractivity contribution in [1.29, 1.82) is 0 Å². The number of hydrogen-bond donors (Lipinski definition) is 3. The van der Waals surface area contributed by atoms with Crippen LogP contribution in [0.3, 0.4) is 0 Å². The Balaban J connectivity index is 1.31. The minimum Gasteiger partial charge on any atom is -0.490 e. The van der Waals surface area contributed by atoms with Gasteiger partial charge in [-0.3, -0.25) is 9.59 Å². The molecule has 12 heteroatoms. The Kier molecular flexibility index (Phi) is 7.41. The Morgan fingerprint density at radius 1 is 1.07 bits per heavy atom. The monoisotopic (exact) mass is 551 g/mol. The van der Waals surface area contributed by atoms with Gasteiger partial charge in [0, 0.05) is 36.1 Å². The van der Waals surface area contributed by atoms with Gasteiger partial charge in [-0.05, 0) is 55.5 Å². The quantitative estimate of drug-likeness (QED) is 0.288. The average Bonchev–Trinajstić information content (AvgIpc) is 3.38. The minimum absolute atomic E-state index is 0.00406. The highest BCUT2D eigenvalue weighted by Gasteiger charge is 2.30. The zero-order chi connectivity index (χ0) is 28.3. The molecule has 0 spiro atoms. The molecule has 2 aromatic carbocycles. The lowest BCUT2D eigenvalue weighted by molar-refractivity contribution is -0.137. The van der Waals surface area contributed by atoms with Gasteiger partial charge in [-0.25, -0.2) is 9.97 Å². The van der Waals surface area contributed by atoms with Crippen LogP contribution in [0.2, 0.25) is 0 Å². The number of carbonyl (C=O) groups is 2. The third-order valence-electron chi connectivity index (χ3n) is 6.07. The lowest BCUT2D eigenvalue weighted by Crippen LogP contribution is -2.31. The molecule has 3 heterocycles. The van der Waals surface area contributed by atoms with Crippen molar-refractivity contribution in [3.05, 3.63) is 77.6 Å². The number of rotatable bonds is 8. The molecular formula is C28H24F3N5O4. The van der Waals surface area contributed by atoms with Crippen molar-refractivity contribution in [3.63, 3.8) is 0 Å². The molecule has 1 aliphatic heterocycles. The number of nitrogens with one attached hydrogen (secondary N) is 3. The van der Waals surface area contributed by atoms with Crippen LogP contribution in [0.4, 0.5) is 18.9 Å². The number of aromatic nitrogens is 3. The molecule has 40 heavy (non-hydrogen) atoms. The van der Waals surface area contributed by atoms with Crippen LogP contribution >= 0.6 is 0 Å². The summed E-state index contributed by atoms with van der Waals surface area (Å²) in [7, 11) is 0. The second-order valence-electron chi connectivity index (χ2n) is 8.86. The fourth-order valence-corrected chi connectivity index (χ4v) is 4.23. The first kappa shape index (κ1) is 26.7. The summed E-state index contributed by atoms with van der Waals surface area (Å²) in [4.78, 5) is 36.8. The van der Waals surface area contributed by atoms with Crippen molar-refractivity contribution in [2.24, 2.45) is 0 Å². The average molecular weight is 552 g/mol. The largest absolute Gasteiger partial charge is 0.490 e. The van der Waals surface area contributed by atoms with E-state index in [0.29, 0.717) is 53.7 Å². The van der Waals surface area contributed by atoms with Crippen molar-refractivity contribution in [3.8, 4) is 34.3 Å². The molecule has 5 rings (SSSR count). The predicted molar refractivity (Wildman–Crippen MR) is 140 cm³/mol. The van der Waals surface area contributed by atoms with E-state index in [2.05, 4.69) is 25.6 Å². The van der Waals surface area contributed by atoms with Crippen LogP contribution < -0.4 is 20.1 Å². The lowest BCUT2D eigenvalue weighted by Gasteiger charge is -2.14. The third kappa shape index (κ3) is 5.90. The van der Waals surface area contributed by atoms with Gasteiger partial charge in [0.05, 0.1) is 29.1 Å². The van der Waals surface area contributed by atoms with E-state index in [1.807, 2.05) is 0 Å². The zero-order valence-electron chi connectivity index (χ0n) is 21.3. The second kappa shape index (κ2) is 11.1. The summed E-state index contributed by atoms with van der Waals surface area (Å²) in [5.41, 5.74) is 2.52. The second-order valence-corrected chi connectivity index (χ2v) is 8.86. The number of ether oxygens (including phenoxy) is 2. The van der Waals surface area contributed by atoms with Gasteiger partial charge in [0.2, 0.25) is 0 Å². The minimum atomic E-state index is -4.52. The van der Waals surface area contributed by atoms with Gasteiger partial charge in [0.25, 0.3) is 11.8 Å². The van der Waals surface area contributed by atoms with E-state index in [4.69, 9.17) is 9.47 Å². The fraction of sp³-hybridized carbons (Fsp3) is 0.214. The summed E-state index contributed by atoms with van der Waals surface area (Å²) in [6, 6.07) is 12.8. The molecule has 4 aromatic rings. The Bertz CT molecular complexity index is 1570. The van der Waals surface area contributed by atoms with Crippen LogP contribution in [-0.2, 0) is 17.4 Å². The molecule has 1 aliphatic rings. The first-order valence-electron chi connectivity index (χ1n) is 12.4. The number of anilines is 1. The smallest absolute Gasteiger partial charge is 0.416 e. The number of nitrogens with zero attached hydrogens (tertiary/aromatic N) is 2. The fourth-order valence-electron chi connectivity index (χ4n) is 4.23. The highest BCUT2D eigenvalue weighted by atomic mass is 19.4. The molecule has 0 bridgehead atoms. The molecule has 9 nitrogen and oxygen atoms in total. The molecule has 3 N–H and O–H groups in total. The third-order valence-corrected chi connectivity index (χ3v) is 6.07. The van der Waals surface area contributed by atoms with Crippen molar-refractivity contribution in [2.75, 3.05) is 25.1 Å². The van der Waals surface area contributed by atoms with Crippen molar-refractivity contribution < 1.29 is 32.2 Å². The van der Waals surface area contributed by atoms with E-state index in [9.17, 15) is 22.8 Å². The molecule has 0 atom stereocenters. The van der Waals surface area contributed by atoms with Crippen molar-refractivity contribution >= 4 is 17.5 Å². The van der Waals surface area contributed by atoms with Crippen LogP contribution in [0.25, 0.3) is 22.8 Å². The zero-order valence-corrected chi connectivity index (χ0v) is 21.3. The van der Waals surface area contributed by atoms with E-state index >= 15 is 0 Å². The van der Waals surface area contributed by atoms with Gasteiger partial charge >= 0.3 is 6.18 Å². The van der Waals surface area contributed by atoms with Crippen LogP contribution in [0.15, 0.2) is 60.8 Å². The summed E-state index contributed by atoms with van der Waals surface area (Å²) >= 11 is 0. The lowest BCUT2D eigenvalue weighted by atomic mass is 10.1.